The van der Waals surface area contributed by atoms with Crippen LogP contribution in [0.3, 0.4) is 0 Å². The number of carbonyl (C=O) groups excluding carboxylic acids is 3. The van der Waals surface area contributed by atoms with Gasteiger partial charge in [0, 0.05) is 42.3 Å². The number of amides is 2. The third kappa shape index (κ3) is 3.31. The molecule has 0 radical (unpaired) electrons. The minimum atomic E-state index is -0.114. The number of Topliss-reactive ketones (excluding diaryl/α,β-unsaturated/α-hetero) is 1. The van der Waals surface area contributed by atoms with Crippen molar-refractivity contribution in [3.8, 4) is 0 Å². The monoisotopic (exact) mass is 373 g/mol. The second-order valence-corrected chi connectivity index (χ2v) is 7.96. The lowest BCUT2D eigenvalue weighted by Crippen LogP contribution is -2.50. The highest BCUT2D eigenvalue weighted by Crippen LogP contribution is 2.22. The Bertz CT molecular complexity index is 873. The number of aryl methyl sites for hydroxylation is 2. The number of hydrogen-bond donors (Lipinski definition) is 1. The van der Waals surface area contributed by atoms with Crippen LogP contribution in [0.4, 0.5) is 0 Å². The van der Waals surface area contributed by atoms with Gasteiger partial charge in [-0.2, -0.15) is 0 Å². The molecular weight excluding hydrogens is 350 g/mol. The molecule has 138 valence electrons. The summed E-state index contributed by atoms with van der Waals surface area (Å²) in [6, 6.07) is 3.80. The molecule has 3 rings (SSSR count). The number of aromatic amines is 1. The molecule has 0 atom stereocenters. The minimum Gasteiger partial charge on any atom is -0.354 e. The van der Waals surface area contributed by atoms with Crippen molar-refractivity contribution in [2.45, 2.75) is 27.7 Å². The van der Waals surface area contributed by atoms with Crippen LogP contribution in [0.1, 0.15) is 53.6 Å². The number of nitrogens with one attached hydrogen (secondary N) is 1. The molecule has 6 nitrogen and oxygen atoms in total. The molecule has 0 saturated carbocycles. The Kier molecular flexibility index (Phi) is 5.00. The third-order valence-electron chi connectivity index (χ3n) is 4.81. The fourth-order valence-corrected chi connectivity index (χ4v) is 4.30. The van der Waals surface area contributed by atoms with Crippen molar-refractivity contribution in [3.05, 3.63) is 44.4 Å². The molecule has 0 unspecified atom stereocenters. The van der Waals surface area contributed by atoms with Gasteiger partial charge in [0.1, 0.15) is 5.69 Å². The van der Waals surface area contributed by atoms with Crippen LogP contribution in [0, 0.1) is 20.8 Å². The normalized spacial score (nSPS) is 14.6. The Morgan fingerprint density at radius 3 is 2.00 bits per heavy atom. The van der Waals surface area contributed by atoms with Crippen molar-refractivity contribution in [2.75, 3.05) is 26.2 Å². The van der Waals surface area contributed by atoms with Gasteiger partial charge in [0.25, 0.3) is 11.8 Å². The molecule has 1 saturated heterocycles. The summed E-state index contributed by atoms with van der Waals surface area (Å²) < 4.78 is 0. The summed E-state index contributed by atoms with van der Waals surface area (Å²) in [5, 5.41) is 0. The molecule has 1 fully saturated rings. The molecule has 2 amide bonds. The number of hydrogen-bond acceptors (Lipinski definition) is 4. The first-order valence-electron chi connectivity index (χ1n) is 8.64. The number of rotatable bonds is 3. The first-order valence-corrected chi connectivity index (χ1v) is 9.46. The van der Waals surface area contributed by atoms with Crippen molar-refractivity contribution in [1.82, 2.24) is 14.8 Å². The predicted molar refractivity (Wildman–Crippen MR) is 101 cm³/mol. The molecular formula is C19H23N3O3S. The topological polar surface area (TPSA) is 73.5 Å². The highest BCUT2D eigenvalue weighted by Gasteiger charge is 2.28. The smallest absolute Gasteiger partial charge is 0.270 e. The lowest BCUT2D eigenvalue weighted by molar-refractivity contribution is 0.0534. The molecule has 0 aromatic carbocycles. The van der Waals surface area contributed by atoms with Crippen LogP contribution in [-0.2, 0) is 0 Å². The van der Waals surface area contributed by atoms with Gasteiger partial charge in [-0.05, 0) is 45.4 Å². The van der Waals surface area contributed by atoms with Crippen LogP contribution in [0.25, 0.3) is 0 Å². The number of ketones is 1. The fourth-order valence-electron chi connectivity index (χ4n) is 3.47. The molecule has 7 heteroatoms. The van der Waals surface area contributed by atoms with E-state index in [1.165, 1.54) is 18.3 Å². The quantitative estimate of drug-likeness (QED) is 0.841. The second-order valence-electron chi connectivity index (χ2n) is 6.68. The molecule has 26 heavy (non-hydrogen) atoms. The number of nitrogens with zero attached hydrogens (tertiary/aromatic N) is 2. The highest BCUT2D eigenvalue weighted by molar-refractivity contribution is 7.13. The predicted octanol–water partition coefficient (Wildman–Crippen LogP) is 2.80. The zero-order chi connectivity index (χ0) is 19.0. The second kappa shape index (κ2) is 7.07. The maximum absolute atomic E-state index is 12.8. The summed E-state index contributed by atoms with van der Waals surface area (Å²) in [4.78, 5) is 45.6. The minimum absolute atomic E-state index is 0.0287. The van der Waals surface area contributed by atoms with Gasteiger partial charge >= 0.3 is 0 Å². The van der Waals surface area contributed by atoms with E-state index in [9.17, 15) is 14.4 Å². The van der Waals surface area contributed by atoms with Crippen LogP contribution < -0.4 is 0 Å². The standard InChI is InChI=1S/C19H23N3O3S/c1-11-5-6-15(26-11)18(24)21-7-9-22(10-8-21)19(25)17-12(2)16(14(4)23)13(3)20-17/h5-6,20H,7-10H2,1-4H3. The first-order chi connectivity index (χ1) is 12.3. The van der Waals surface area contributed by atoms with Gasteiger partial charge in [0.05, 0.1) is 4.88 Å². The Hall–Kier alpha value is -2.41. The molecule has 1 N–H and O–H groups in total. The summed E-state index contributed by atoms with van der Waals surface area (Å²) in [6.07, 6.45) is 0. The first kappa shape index (κ1) is 18.4. The van der Waals surface area contributed by atoms with Crippen LogP contribution >= 0.6 is 11.3 Å². The van der Waals surface area contributed by atoms with E-state index in [1.807, 2.05) is 19.1 Å². The Morgan fingerprint density at radius 1 is 0.962 bits per heavy atom. The number of H-pyrrole nitrogens is 1. The maximum Gasteiger partial charge on any atom is 0.270 e. The van der Waals surface area contributed by atoms with E-state index < -0.39 is 0 Å². The molecule has 1 aliphatic heterocycles. The molecule has 0 spiro atoms. The van der Waals surface area contributed by atoms with Gasteiger partial charge < -0.3 is 14.8 Å². The van der Waals surface area contributed by atoms with Crippen LogP contribution in [0.15, 0.2) is 12.1 Å². The Morgan fingerprint density at radius 2 is 1.54 bits per heavy atom. The highest BCUT2D eigenvalue weighted by atomic mass is 32.1. The zero-order valence-electron chi connectivity index (χ0n) is 15.5. The largest absolute Gasteiger partial charge is 0.354 e. The van der Waals surface area contributed by atoms with Gasteiger partial charge in [-0.15, -0.1) is 11.3 Å². The van der Waals surface area contributed by atoms with Crippen molar-refractivity contribution >= 4 is 28.9 Å². The number of carbonyl (C=O) groups is 3. The van der Waals surface area contributed by atoms with E-state index in [2.05, 4.69) is 4.98 Å². The van der Waals surface area contributed by atoms with E-state index >= 15 is 0 Å². The summed E-state index contributed by atoms with van der Waals surface area (Å²) >= 11 is 1.49. The lowest BCUT2D eigenvalue weighted by atomic mass is 10.1. The number of piperazine rings is 1. The molecule has 1 aliphatic rings. The van der Waals surface area contributed by atoms with Crippen molar-refractivity contribution < 1.29 is 14.4 Å². The molecule has 2 aromatic heterocycles. The van der Waals surface area contributed by atoms with Crippen molar-refractivity contribution in [2.24, 2.45) is 0 Å². The van der Waals surface area contributed by atoms with E-state index in [0.29, 0.717) is 43.0 Å². The van der Waals surface area contributed by atoms with Crippen LogP contribution in [0.2, 0.25) is 0 Å². The number of thiophene rings is 1. The van der Waals surface area contributed by atoms with Gasteiger partial charge in [0.2, 0.25) is 0 Å². The summed E-state index contributed by atoms with van der Waals surface area (Å²) in [7, 11) is 0. The van der Waals surface area contributed by atoms with Gasteiger partial charge in [0.15, 0.2) is 5.78 Å². The van der Waals surface area contributed by atoms with Crippen LogP contribution in [0.5, 0.6) is 0 Å². The van der Waals surface area contributed by atoms with Gasteiger partial charge in [-0.1, -0.05) is 0 Å². The van der Waals surface area contributed by atoms with Gasteiger partial charge in [-0.25, -0.2) is 0 Å². The van der Waals surface area contributed by atoms with E-state index in [4.69, 9.17) is 0 Å². The maximum atomic E-state index is 12.8. The van der Waals surface area contributed by atoms with Crippen molar-refractivity contribution in [1.29, 1.82) is 0 Å². The summed E-state index contributed by atoms with van der Waals surface area (Å²) in [6.45, 7) is 9.10. The summed E-state index contributed by atoms with van der Waals surface area (Å²) in [5.74, 6) is -0.130. The lowest BCUT2D eigenvalue weighted by Gasteiger charge is -2.34. The van der Waals surface area contributed by atoms with E-state index in [1.54, 1.807) is 23.6 Å². The number of aromatic nitrogens is 1. The molecule has 2 aromatic rings. The Balaban J connectivity index is 1.68. The van der Waals surface area contributed by atoms with Crippen molar-refractivity contribution in [3.63, 3.8) is 0 Å². The Labute approximate surface area is 156 Å². The average Bonchev–Trinajstić information content (AvgIpc) is 3.16. The van der Waals surface area contributed by atoms with Crippen LogP contribution in [-0.4, -0.2) is 58.6 Å². The van der Waals surface area contributed by atoms with Gasteiger partial charge in [-0.3, -0.25) is 14.4 Å². The summed E-state index contributed by atoms with van der Waals surface area (Å²) in [5.41, 5.74) is 2.49. The SMILES string of the molecule is CC(=O)c1c(C)[nH]c(C(=O)N2CCN(C(=O)c3ccc(C)s3)CC2)c1C. The van der Waals surface area contributed by atoms with E-state index in [0.717, 1.165) is 15.4 Å². The third-order valence-corrected chi connectivity index (χ3v) is 5.80. The fraction of sp³-hybridized carbons (Fsp3) is 0.421. The zero-order valence-corrected chi connectivity index (χ0v) is 16.3. The van der Waals surface area contributed by atoms with E-state index in [-0.39, 0.29) is 17.6 Å². The molecule has 0 bridgehead atoms. The molecule has 3 heterocycles. The molecule has 0 aliphatic carbocycles. The average molecular weight is 373 g/mol.